The molecule has 0 saturated heterocycles. The molecule has 3 aromatic heterocycles. The fourth-order valence-electron chi connectivity index (χ4n) is 3.68. The van der Waals surface area contributed by atoms with Crippen LogP contribution in [0.3, 0.4) is 0 Å². The zero-order valence-corrected chi connectivity index (χ0v) is 15.6. The second kappa shape index (κ2) is 7.61. The summed E-state index contributed by atoms with van der Waals surface area (Å²) in [5.74, 6) is 0.903. The normalized spacial score (nSPS) is 24.2. The van der Waals surface area contributed by atoms with Crippen LogP contribution in [-0.4, -0.2) is 29.3 Å². The number of nitrogen functional groups attached to an aromatic ring is 1. The van der Waals surface area contributed by atoms with Crippen LogP contribution in [0.25, 0.3) is 0 Å². The molecule has 0 amide bonds. The fraction of sp³-hybridized carbons (Fsp3) is 0.471. The summed E-state index contributed by atoms with van der Waals surface area (Å²) in [5, 5.41) is 3.23. The maximum absolute atomic E-state index is 5.78. The largest absolute Gasteiger partial charge is 0.375 e. The van der Waals surface area contributed by atoms with Crippen LogP contribution in [-0.2, 0) is 5.75 Å². The van der Waals surface area contributed by atoms with E-state index in [9.17, 15) is 0 Å². The van der Waals surface area contributed by atoms with Crippen molar-refractivity contribution in [2.45, 2.75) is 48.8 Å². The monoisotopic (exact) mass is 374 g/mol. The Kier molecular flexibility index (Phi) is 5.07. The third-order valence-corrected chi connectivity index (χ3v) is 6.93. The lowest BCUT2D eigenvalue weighted by molar-refractivity contribution is 0.313. The van der Waals surface area contributed by atoms with Gasteiger partial charge in [0.15, 0.2) is 5.13 Å². The van der Waals surface area contributed by atoms with Gasteiger partial charge in [-0.3, -0.25) is 0 Å². The molecule has 0 aromatic carbocycles. The summed E-state index contributed by atoms with van der Waals surface area (Å²) in [6, 6.07) is 0.761. The number of nitrogens with zero attached hydrogens (tertiary/aromatic N) is 5. The molecular weight excluding hydrogens is 352 g/mol. The van der Waals surface area contributed by atoms with Gasteiger partial charge in [0.25, 0.3) is 0 Å². The molecule has 3 atom stereocenters. The summed E-state index contributed by atoms with van der Waals surface area (Å²) in [7, 11) is 0. The first kappa shape index (κ1) is 16.7. The van der Waals surface area contributed by atoms with Gasteiger partial charge in [-0.25, -0.2) is 15.0 Å². The Morgan fingerprint density at radius 2 is 1.88 bits per heavy atom. The van der Waals surface area contributed by atoms with Crippen molar-refractivity contribution in [1.29, 1.82) is 0 Å². The van der Waals surface area contributed by atoms with E-state index in [-0.39, 0.29) is 0 Å². The Labute approximate surface area is 155 Å². The lowest BCUT2D eigenvalue weighted by atomic mass is 10.0. The molecule has 3 unspecified atom stereocenters. The average molecular weight is 375 g/mol. The summed E-state index contributed by atoms with van der Waals surface area (Å²) in [5.41, 5.74) is 6.86. The van der Waals surface area contributed by atoms with E-state index >= 15 is 0 Å². The number of nitrogens with two attached hydrogens (primary N) is 1. The highest BCUT2D eigenvalue weighted by molar-refractivity contribution is 7.99. The second-order valence-corrected chi connectivity index (χ2v) is 8.51. The Morgan fingerprint density at radius 3 is 2.56 bits per heavy atom. The molecule has 1 saturated carbocycles. The van der Waals surface area contributed by atoms with Crippen molar-refractivity contribution in [3.05, 3.63) is 48.5 Å². The standard InChI is InChI=1S/C17H22N6S2/c18-17-21-13(10-25-17)9-24-15-4-2-1-3-14(22-7-5-19-11-22)16(15)23-8-6-20-12-23/h5-8,10-12,14-16H,1-4,9H2,(H2,18,21). The summed E-state index contributed by atoms with van der Waals surface area (Å²) in [6.45, 7) is 0. The molecular formula is C17H22N6S2. The quantitative estimate of drug-likeness (QED) is 0.688. The van der Waals surface area contributed by atoms with Crippen LogP contribution in [0.4, 0.5) is 5.13 Å². The smallest absolute Gasteiger partial charge is 0.180 e. The molecule has 1 fully saturated rings. The lowest BCUT2D eigenvalue weighted by Crippen LogP contribution is -2.29. The zero-order valence-electron chi connectivity index (χ0n) is 13.9. The van der Waals surface area contributed by atoms with Crippen molar-refractivity contribution in [3.8, 4) is 0 Å². The van der Waals surface area contributed by atoms with E-state index in [1.54, 1.807) is 0 Å². The lowest BCUT2D eigenvalue weighted by Gasteiger charge is -2.33. The van der Waals surface area contributed by atoms with E-state index in [0.29, 0.717) is 22.5 Å². The van der Waals surface area contributed by atoms with Crippen molar-refractivity contribution in [3.63, 3.8) is 0 Å². The first-order chi connectivity index (χ1) is 12.3. The van der Waals surface area contributed by atoms with Crippen LogP contribution in [0.2, 0.25) is 0 Å². The highest BCUT2D eigenvalue weighted by Gasteiger charge is 2.34. The molecule has 0 spiro atoms. The van der Waals surface area contributed by atoms with Crippen LogP contribution in [0.5, 0.6) is 0 Å². The van der Waals surface area contributed by atoms with Gasteiger partial charge in [0.2, 0.25) is 0 Å². The van der Waals surface area contributed by atoms with Crippen LogP contribution in [0, 0.1) is 0 Å². The minimum Gasteiger partial charge on any atom is -0.375 e. The van der Waals surface area contributed by atoms with Gasteiger partial charge in [0.1, 0.15) is 0 Å². The van der Waals surface area contributed by atoms with Gasteiger partial charge in [-0.15, -0.1) is 23.1 Å². The minimum atomic E-state index is 0.361. The third-order valence-electron chi connectivity index (χ3n) is 4.81. The number of thioether (sulfide) groups is 1. The first-order valence-electron chi connectivity index (χ1n) is 8.57. The number of thiazole rings is 1. The highest BCUT2D eigenvalue weighted by atomic mass is 32.2. The molecule has 0 aliphatic heterocycles. The number of anilines is 1. The van der Waals surface area contributed by atoms with Crippen LogP contribution < -0.4 is 5.73 Å². The van der Waals surface area contributed by atoms with Gasteiger partial charge in [0.05, 0.1) is 30.4 Å². The van der Waals surface area contributed by atoms with Gasteiger partial charge in [0, 0.05) is 41.2 Å². The van der Waals surface area contributed by atoms with E-state index in [2.05, 4.69) is 41.9 Å². The molecule has 0 bridgehead atoms. The number of imidazole rings is 2. The van der Waals surface area contributed by atoms with E-state index < -0.39 is 0 Å². The number of hydrogen-bond donors (Lipinski definition) is 1. The van der Waals surface area contributed by atoms with Crippen LogP contribution >= 0.6 is 23.1 Å². The highest BCUT2D eigenvalue weighted by Crippen LogP contribution is 2.42. The Balaban J connectivity index is 1.60. The third kappa shape index (κ3) is 3.74. The van der Waals surface area contributed by atoms with E-state index in [1.807, 2.05) is 36.8 Å². The predicted molar refractivity (Wildman–Crippen MR) is 103 cm³/mol. The van der Waals surface area contributed by atoms with Crippen molar-refractivity contribution in [2.24, 2.45) is 0 Å². The molecule has 1 aliphatic rings. The number of rotatable bonds is 5. The summed E-state index contributed by atoms with van der Waals surface area (Å²) < 4.78 is 4.55. The van der Waals surface area contributed by atoms with Crippen molar-refractivity contribution in [2.75, 3.05) is 5.73 Å². The minimum absolute atomic E-state index is 0.361. The molecule has 3 heterocycles. The predicted octanol–water partition coefficient (Wildman–Crippen LogP) is 3.78. The molecule has 1 aliphatic carbocycles. The van der Waals surface area contributed by atoms with Gasteiger partial charge in [-0.2, -0.15) is 0 Å². The summed E-state index contributed by atoms with van der Waals surface area (Å²) in [6.07, 6.45) is 16.7. The van der Waals surface area contributed by atoms with Crippen molar-refractivity contribution in [1.82, 2.24) is 24.1 Å². The van der Waals surface area contributed by atoms with Gasteiger partial charge >= 0.3 is 0 Å². The molecule has 6 nitrogen and oxygen atoms in total. The fourth-order valence-corrected chi connectivity index (χ4v) is 5.73. The van der Waals surface area contributed by atoms with Crippen LogP contribution in [0.15, 0.2) is 42.8 Å². The Hall–Kier alpha value is -1.80. The molecule has 3 aromatic rings. The van der Waals surface area contributed by atoms with E-state index in [4.69, 9.17) is 5.73 Å². The van der Waals surface area contributed by atoms with E-state index in [0.717, 1.165) is 11.4 Å². The van der Waals surface area contributed by atoms with E-state index in [1.165, 1.54) is 37.0 Å². The van der Waals surface area contributed by atoms with Crippen molar-refractivity contribution >= 4 is 28.2 Å². The van der Waals surface area contributed by atoms with Crippen molar-refractivity contribution < 1.29 is 0 Å². The Morgan fingerprint density at radius 1 is 1.12 bits per heavy atom. The second-order valence-electron chi connectivity index (χ2n) is 6.39. The molecule has 2 N–H and O–H groups in total. The van der Waals surface area contributed by atoms with Gasteiger partial charge < -0.3 is 14.9 Å². The van der Waals surface area contributed by atoms with Crippen LogP contribution in [0.1, 0.15) is 43.5 Å². The SMILES string of the molecule is Nc1nc(CSC2CCCCC(n3ccnc3)C2n2ccnc2)cs1. The first-order valence-corrected chi connectivity index (χ1v) is 10.5. The molecule has 25 heavy (non-hydrogen) atoms. The Bertz CT molecular complexity index is 767. The number of hydrogen-bond acceptors (Lipinski definition) is 6. The maximum Gasteiger partial charge on any atom is 0.180 e. The zero-order chi connectivity index (χ0) is 17.1. The number of aromatic nitrogens is 5. The molecule has 4 rings (SSSR count). The summed E-state index contributed by atoms with van der Waals surface area (Å²) in [4.78, 5) is 13.0. The maximum atomic E-state index is 5.78. The summed E-state index contributed by atoms with van der Waals surface area (Å²) >= 11 is 3.51. The average Bonchev–Trinajstić information content (AvgIpc) is 3.35. The topological polar surface area (TPSA) is 74.5 Å². The molecule has 8 heteroatoms. The van der Waals surface area contributed by atoms with Gasteiger partial charge in [-0.1, -0.05) is 12.8 Å². The molecule has 132 valence electrons. The molecule has 0 radical (unpaired) electrons. The van der Waals surface area contributed by atoms with Gasteiger partial charge in [-0.05, 0) is 12.8 Å².